The Kier molecular flexibility index (Phi) is 4.74. The predicted octanol–water partition coefficient (Wildman–Crippen LogP) is 0.429. The third-order valence-corrected chi connectivity index (χ3v) is 3.52. The largest absolute Gasteiger partial charge is 0.359 e. The van der Waals surface area contributed by atoms with Crippen LogP contribution in [0.1, 0.15) is 26.2 Å². The number of nitrogens with one attached hydrogen (secondary N) is 1. The molecule has 1 atom stereocenters. The summed E-state index contributed by atoms with van der Waals surface area (Å²) in [5.74, 6) is 0.180. The van der Waals surface area contributed by atoms with E-state index in [2.05, 4.69) is 17.3 Å². The maximum atomic E-state index is 11.4. The van der Waals surface area contributed by atoms with E-state index in [1.54, 1.807) is 7.05 Å². The topological polar surface area (TPSA) is 58.4 Å². The van der Waals surface area contributed by atoms with E-state index in [-0.39, 0.29) is 11.8 Å². The summed E-state index contributed by atoms with van der Waals surface area (Å²) in [4.78, 5) is 13.7. The van der Waals surface area contributed by atoms with Crippen LogP contribution >= 0.6 is 0 Å². The van der Waals surface area contributed by atoms with Gasteiger partial charge in [-0.1, -0.05) is 6.92 Å². The van der Waals surface area contributed by atoms with E-state index in [9.17, 15) is 4.79 Å². The van der Waals surface area contributed by atoms with Gasteiger partial charge in [-0.2, -0.15) is 0 Å². The van der Waals surface area contributed by atoms with Crippen LogP contribution in [0.15, 0.2) is 0 Å². The molecule has 0 aromatic heterocycles. The standard InChI is InChI=1S/C12H25N3O/c1-10(11(16)14-2)8-15(3)9-12(4-5-12)6-7-13/h10H,4-9,13H2,1-3H3,(H,14,16). The van der Waals surface area contributed by atoms with Crippen molar-refractivity contribution < 1.29 is 4.79 Å². The minimum Gasteiger partial charge on any atom is -0.359 e. The second kappa shape index (κ2) is 5.64. The number of carbonyl (C=O) groups is 1. The molecule has 4 heteroatoms. The Bertz CT molecular complexity index is 238. The van der Waals surface area contributed by atoms with Gasteiger partial charge in [0, 0.05) is 26.1 Å². The van der Waals surface area contributed by atoms with Gasteiger partial charge in [-0.15, -0.1) is 0 Å². The molecule has 1 aliphatic carbocycles. The van der Waals surface area contributed by atoms with Gasteiger partial charge in [0.05, 0.1) is 0 Å². The summed E-state index contributed by atoms with van der Waals surface area (Å²) in [7, 11) is 3.78. The van der Waals surface area contributed by atoms with Gasteiger partial charge < -0.3 is 16.0 Å². The highest BCUT2D eigenvalue weighted by Gasteiger charge is 2.42. The van der Waals surface area contributed by atoms with E-state index in [4.69, 9.17) is 5.73 Å². The molecule has 0 aromatic rings. The first-order chi connectivity index (χ1) is 7.53. The van der Waals surface area contributed by atoms with Crippen molar-refractivity contribution in [2.24, 2.45) is 17.1 Å². The molecular weight excluding hydrogens is 202 g/mol. The van der Waals surface area contributed by atoms with Crippen molar-refractivity contribution in [3.63, 3.8) is 0 Å². The van der Waals surface area contributed by atoms with Crippen molar-refractivity contribution in [1.29, 1.82) is 0 Å². The molecule has 94 valence electrons. The third-order valence-electron chi connectivity index (χ3n) is 3.52. The van der Waals surface area contributed by atoms with Gasteiger partial charge in [-0.3, -0.25) is 4.79 Å². The number of nitrogens with zero attached hydrogens (tertiary/aromatic N) is 1. The lowest BCUT2D eigenvalue weighted by Gasteiger charge is -2.25. The monoisotopic (exact) mass is 227 g/mol. The van der Waals surface area contributed by atoms with E-state index in [0.29, 0.717) is 5.41 Å². The molecule has 16 heavy (non-hydrogen) atoms. The summed E-state index contributed by atoms with van der Waals surface area (Å²) in [5.41, 5.74) is 6.08. The van der Waals surface area contributed by atoms with Crippen LogP contribution in [-0.4, -0.2) is 44.5 Å². The Morgan fingerprint density at radius 1 is 1.56 bits per heavy atom. The molecule has 0 aliphatic heterocycles. The lowest BCUT2D eigenvalue weighted by atomic mass is 10.0. The molecule has 0 radical (unpaired) electrons. The SMILES string of the molecule is CNC(=O)C(C)CN(C)CC1(CCN)CC1. The number of amides is 1. The lowest BCUT2D eigenvalue weighted by molar-refractivity contribution is -0.124. The maximum Gasteiger partial charge on any atom is 0.223 e. The molecule has 4 nitrogen and oxygen atoms in total. The Labute approximate surface area is 98.6 Å². The fourth-order valence-corrected chi connectivity index (χ4v) is 2.40. The van der Waals surface area contributed by atoms with Crippen LogP contribution in [0, 0.1) is 11.3 Å². The van der Waals surface area contributed by atoms with Crippen LogP contribution in [0.3, 0.4) is 0 Å². The van der Waals surface area contributed by atoms with Crippen LogP contribution in [0.25, 0.3) is 0 Å². The zero-order valence-electron chi connectivity index (χ0n) is 10.8. The summed E-state index contributed by atoms with van der Waals surface area (Å²) < 4.78 is 0. The van der Waals surface area contributed by atoms with Gasteiger partial charge in [-0.25, -0.2) is 0 Å². The van der Waals surface area contributed by atoms with E-state index in [0.717, 1.165) is 26.1 Å². The highest BCUT2D eigenvalue weighted by Crippen LogP contribution is 2.48. The van der Waals surface area contributed by atoms with E-state index in [1.807, 2.05) is 6.92 Å². The van der Waals surface area contributed by atoms with Gasteiger partial charge in [0.1, 0.15) is 0 Å². The van der Waals surface area contributed by atoms with Crippen molar-refractivity contribution in [1.82, 2.24) is 10.2 Å². The van der Waals surface area contributed by atoms with Gasteiger partial charge in [0.25, 0.3) is 0 Å². The Morgan fingerprint density at radius 3 is 2.62 bits per heavy atom. The summed E-state index contributed by atoms with van der Waals surface area (Å²) >= 11 is 0. The molecule has 1 aliphatic rings. The fourth-order valence-electron chi connectivity index (χ4n) is 2.40. The van der Waals surface area contributed by atoms with Crippen molar-refractivity contribution >= 4 is 5.91 Å². The maximum absolute atomic E-state index is 11.4. The van der Waals surface area contributed by atoms with E-state index >= 15 is 0 Å². The van der Waals surface area contributed by atoms with Crippen LogP contribution in [0.4, 0.5) is 0 Å². The second-order valence-electron chi connectivity index (χ2n) is 5.25. The molecule has 1 saturated carbocycles. The average Bonchev–Trinajstić information content (AvgIpc) is 2.96. The number of rotatable bonds is 7. The number of hydrogen-bond acceptors (Lipinski definition) is 3. The number of nitrogens with two attached hydrogens (primary N) is 1. The van der Waals surface area contributed by atoms with Gasteiger partial charge in [0.2, 0.25) is 5.91 Å². The molecular formula is C12H25N3O. The van der Waals surface area contributed by atoms with Crippen LogP contribution in [0.2, 0.25) is 0 Å². The normalized spacial score (nSPS) is 19.6. The highest BCUT2D eigenvalue weighted by molar-refractivity contribution is 5.78. The first kappa shape index (κ1) is 13.5. The zero-order chi connectivity index (χ0) is 12.2. The Morgan fingerprint density at radius 2 is 2.19 bits per heavy atom. The first-order valence-corrected chi connectivity index (χ1v) is 6.13. The molecule has 0 spiro atoms. The summed E-state index contributed by atoms with van der Waals surface area (Å²) in [6.45, 7) is 4.65. The molecule has 0 bridgehead atoms. The summed E-state index contributed by atoms with van der Waals surface area (Å²) in [6, 6.07) is 0. The highest BCUT2D eigenvalue weighted by atomic mass is 16.1. The second-order valence-corrected chi connectivity index (χ2v) is 5.25. The van der Waals surface area contributed by atoms with Crippen molar-refractivity contribution in [3.8, 4) is 0 Å². The first-order valence-electron chi connectivity index (χ1n) is 6.13. The zero-order valence-corrected chi connectivity index (χ0v) is 10.8. The van der Waals surface area contributed by atoms with Crippen molar-refractivity contribution in [2.75, 3.05) is 33.7 Å². The van der Waals surface area contributed by atoms with Gasteiger partial charge >= 0.3 is 0 Å². The van der Waals surface area contributed by atoms with Gasteiger partial charge in [0.15, 0.2) is 0 Å². The van der Waals surface area contributed by atoms with Gasteiger partial charge in [-0.05, 0) is 38.3 Å². The summed E-state index contributed by atoms with van der Waals surface area (Å²) in [6.07, 6.45) is 3.71. The van der Waals surface area contributed by atoms with Crippen LogP contribution in [-0.2, 0) is 4.79 Å². The molecule has 1 fully saturated rings. The molecule has 1 unspecified atom stereocenters. The lowest BCUT2D eigenvalue weighted by Crippen LogP contribution is -2.37. The minimum atomic E-state index is 0.0590. The molecule has 0 heterocycles. The minimum absolute atomic E-state index is 0.0590. The predicted molar refractivity (Wildman–Crippen MR) is 66.1 cm³/mol. The quantitative estimate of drug-likeness (QED) is 0.663. The average molecular weight is 227 g/mol. The number of carbonyl (C=O) groups excluding carboxylic acids is 1. The van der Waals surface area contributed by atoms with E-state index < -0.39 is 0 Å². The third kappa shape index (κ3) is 3.76. The molecule has 0 aromatic carbocycles. The molecule has 0 saturated heterocycles. The Balaban J connectivity index is 2.30. The Hall–Kier alpha value is -0.610. The van der Waals surface area contributed by atoms with Crippen LogP contribution < -0.4 is 11.1 Å². The smallest absolute Gasteiger partial charge is 0.223 e. The molecule has 3 N–H and O–H groups in total. The number of hydrogen-bond donors (Lipinski definition) is 2. The molecule has 1 rings (SSSR count). The molecule has 1 amide bonds. The van der Waals surface area contributed by atoms with Crippen molar-refractivity contribution in [2.45, 2.75) is 26.2 Å². The van der Waals surface area contributed by atoms with E-state index in [1.165, 1.54) is 12.8 Å². The fraction of sp³-hybridized carbons (Fsp3) is 0.917. The summed E-state index contributed by atoms with van der Waals surface area (Å²) in [5, 5.41) is 2.69. The van der Waals surface area contributed by atoms with Crippen LogP contribution in [0.5, 0.6) is 0 Å². The van der Waals surface area contributed by atoms with Crippen molar-refractivity contribution in [3.05, 3.63) is 0 Å².